The fourth-order valence-corrected chi connectivity index (χ4v) is 2.42. The highest BCUT2D eigenvalue weighted by atomic mass is 16.0. The van der Waals surface area contributed by atoms with Gasteiger partial charge in [-0.05, 0) is 41.7 Å². The summed E-state index contributed by atoms with van der Waals surface area (Å²) in [6, 6.07) is 6.66. The Hall–Kier alpha value is -1.34. The lowest BCUT2D eigenvalue weighted by Gasteiger charge is -2.00. The average Bonchev–Trinajstić information content (AvgIpc) is 2.69. The zero-order valence-corrected chi connectivity index (χ0v) is 13.5. The van der Waals surface area contributed by atoms with Gasteiger partial charge in [0.05, 0.1) is 0 Å². The summed E-state index contributed by atoms with van der Waals surface area (Å²) in [6.07, 6.45) is 13.1. The van der Waals surface area contributed by atoms with Crippen molar-refractivity contribution in [1.82, 2.24) is 0 Å². The normalized spacial score (nSPS) is 12.3. The van der Waals surface area contributed by atoms with E-state index in [1.165, 1.54) is 35.3 Å². The molecule has 1 nitrogen and oxygen atoms in total. The first-order chi connectivity index (χ1) is 9.35. The van der Waals surface area contributed by atoms with E-state index in [4.69, 9.17) is 0 Å². The molecule has 0 spiro atoms. The monoisotopic (exact) mass is 274 g/mol. The summed E-state index contributed by atoms with van der Waals surface area (Å²) in [4.78, 5) is 0. The first-order valence-electron chi connectivity index (χ1n) is 7.83. The largest absolute Gasteiger partial charge is 0.412 e. The van der Waals surface area contributed by atoms with Crippen molar-refractivity contribution in [2.75, 3.05) is 0 Å². The highest BCUT2D eigenvalue weighted by Crippen LogP contribution is 2.13. The van der Waals surface area contributed by atoms with Crippen molar-refractivity contribution >= 4 is 12.2 Å². The molecule has 112 valence electrons. The maximum atomic E-state index is 2.39. The van der Waals surface area contributed by atoms with Gasteiger partial charge in [0.15, 0.2) is 0 Å². The molecule has 1 aliphatic carbocycles. The number of allylic oxidation sites excluding steroid dienone is 2. The van der Waals surface area contributed by atoms with Crippen LogP contribution in [0.2, 0.25) is 0 Å². The Balaban J connectivity index is 0.00000115. The fourth-order valence-electron chi connectivity index (χ4n) is 2.42. The molecular weight excluding hydrogens is 244 g/mol. The number of hydrogen-bond donors (Lipinski definition) is 0. The molecule has 0 atom stereocenters. The van der Waals surface area contributed by atoms with E-state index in [1.54, 1.807) is 5.57 Å². The van der Waals surface area contributed by atoms with Crippen molar-refractivity contribution in [3.63, 3.8) is 0 Å². The Bertz CT molecular complexity index is 523. The van der Waals surface area contributed by atoms with Gasteiger partial charge in [-0.15, -0.1) is 0 Å². The third-order valence-corrected chi connectivity index (χ3v) is 3.53. The minimum atomic E-state index is 0. The van der Waals surface area contributed by atoms with E-state index in [9.17, 15) is 0 Å². The van der Waals surface area contributed by atoms with E-state index >= 15 is 0 Å². The van der Waals surface area contributed by atoms with Gasteiger partial charge in [0, 0.05) is 0 Å². The van der Waals surface area contributed by atoms with Crippen molar-refractivity contribution in [2.45, 2.75) is 59.8 Å². The van der Waals surface area contributed by atoms with Crippen molar-refractivity contribution < 1.29 is 5.48 Å². The second kappa shape index (κ2) is 10.4. The zero-order valence-electron chi connectivity index (χ0n) is 13.5. The van der Waals surface area contributed by atoms with E-state index in [-0.39, 0.29) is 5.48 Å². The number of unbranched alkanes of at least 4 members (excludes halogenated alkanes) is 1. The summed E-state index contributed by atoms with van der Waals surface area (Å²) in [7, 11) is 0. The van der Waals surface area contributed by atoms with Crippen molar-refractivity contribution in [1.29, 1.82) is 0 Å². The predicted octanol–water partition coefficient (Wildman–Crippen LogP) is 3.53. The van der Waals surface area contributed by atoms with Crippen LogP contribution in [0.3, 0.4) is 0 Å². The van der Waals surface area contributed by atoms with Crippen LogP contribution in [0.5, 0.6) is 0 Å². The van der Waals surface area contributed by atoms with Crippen LogP contribution >= 0.6 is 0 Å². The Morgan fingerprint density at radius 1 is 1.05 bits per heavy atom. The first kappa shape index (κ1) is 18.7. The molecule has 0 saturated heterocycles. The Kier molecular flexibility index (Phi) is 9.75. The van der Waals surface area contributed by atoms with Gasteiger partial charge < -0.3 is 5.48 Å². The maximum absolute atomic E-state index is 2.39. The molecule has 2 rings (SSSR count). The number of fused-ring (bicyclic) bond motifs is 1. The van der Waals surface area contributed by atoms with Gasteiger partial charge in [-0.3, -0.25) is 0 Å². The minimum Gasteiger partial charge on any atom is -0.412 e. The van der Waals surface area contributed by atoms with Gasteiger partial charge in [-0.2, -0.15) is 0 Å². The molecule has 0 heterocycles. The van der Waals surface area contributed by atoms with Crippen LogP contribution in [-0.2, 0) is 6.42 Å². The van der Waals surface area contributed by atoms with E-state index in [2.05, 4.69) is 50.3 Å². The van der Waals surface area contributed by atoms with Gasteiger partial charge >= 0.3 is 0 Å². The number of rotatable bonds is 4. The third-order valence-electron chi connectivity index (χ3n) is 3.53. The van der Waals surface area contributed by atoms with Crippen molar-refractivity contribution in [3.8, 4) is 0 Å². The highest BCUT2D eigenvalue weighted by molar-refractivity contribution is 5.49. The van der Waals surface area contributed by atoms with Crippen LogP contribution in [0.15, 0.2) is 29.8 Å². The Labute approximate surface area is 124 Å². The molecular formula is C19H30O. The average molecular weight is 274 g/mol. The molecule has 0 aliphatic heterocycles. The lowest BCUT2D eigenvalue weighted by molar-refractivity contribution is 0.780. The van der Waals surface area contributed by atoms with E-state index < -0.39 is 0 Å². The Morgan fingerprint density at radius 2 is 1.80 bits per heavy atom. The second-order valence-electron chi connectivity index (χ2n) is 4.78. The topological polar surface area (TPSA) is 31.5 Å². The van der Waals surface area contributed by atoms with Gasteiger partial charge in [0.25, 0.3) is 0 Å². The van der Waals surface area contributed by atoms with Gasteiger partial charge in [-0.1, -0.05) is 76.1 Å². The third kappa shape index (κ3) is 4.97. The summed E-state index contributed by atoms with van der Waals surface area (Å²) in [5.74, 6) is 0. The maximum Gasteiger partial charge on any atom is -0.0126 e. The van der Waals surface area contributed by atoms with E-state index in [0.29, 0.717) is 0 Å². The molecule has 0 saturated carbocycles. The summed E-state index contributed by atoms with van der Waals surface area (Å²) >= 11 is 0. The standard InChI is InChI=1S/C17H22.C2H6.H2O/c1-3-5-7-14-10-12-16-9-6-8-15(4-2)17(16)13-11-14;1-2;/h6,8-9,11-13H,3-5,7,10H2,1-2H3;1-2H3;1H2. The molecule has 1 aromatic rings. The van der Waals surface area contributed by atoms with Crippen molar-refractivity contribution in [2.24, 2.45) is 0 Å². The molecule has 0 fully saturated rings. The lowest BCUT2D eigenvalue weighted by Crippen LogP contribution is -2.27. The summed E-state index contributed by atoms with van der Waals surface area (Å²) in [5.41, 5.74) is 3.04. The number of benzene rings is 1. The van der Waals surface area contributed by atoms with Crippen LogP contribution in [0.4, 0.5) is 0 Å². The van der Waals surface area contributed by atoms with Gasteiger partial charge in [-0.25, -0.2) is 0 Å². The molecule has 0 bridgehead atoms. The molecule has 0 radical (unpaired) electrons. The smallest absolute Gasteiger partial charge is 0.0126 e. The molecule has 2 N–H and O–H groups in total. The summed E-state index contributed by atoms with van der Waals surface area (Å²) < 4.78 is 0. The first-order valence-corrected chi connectivity index (χ1v) is 7.83. The summed E-state index contributed by atoms with van der Waals surface area (Å²) in [6.45, 7) is 8.49. The minimum absolute atomic E-state index is 0. The summed E-state index contributed by atoms with van der Waals surface area (Å²) in [5, 5.41) is 2.84. The molecule has 1 aliphatic rings. The molecule has 0 amide bonds. The van der Waals surface area contributed by atoms with E-state index in [1.807, 2.05) is 13.8 Å². The fraction of sp³-hybridized carbons (Fsp3) is 0.474. The van der Waals surface area contributed by atoms with E-state index in [0.717, 1.165) is 12.8 Å². The predicted molar refractivity (Wildman–Crippen MR) is 91.2 cm³/mol. The number of aryl methyl sites for hydroxylation is 1. The van der Waals surface area contributed by atoms with Crippen molar-refractivity contribution in [3.05, 3.63) is 45.8 Å². The van der Waals surface area contributed by atoms with Crippen LogP contribution in [-0.4, -0.2) is 5.48 Å². The zero-order chi connectivity index (χ0) is 14.1. The van der Waals surface area contributed by atoms with Gasteiger partial charge in [0.2, 0.25) is 0 Å². The van der Waals surface area contributed by atoms with Crippen LogP contribution in [0, 0.1) is 0 Å². The van der Waals surface area contributed by atoms with Gasteiger partial charge in [0.1, 0.15) is 0 Å². The highest BCUT2D eigenvalue weighted by Gasteiger charge is 2.00. The molecule has 0 aromatic heterocycles. The van der Waals surface area contributed by atoms with Crippen LogP contribution in [0.25, 0.3) is 12.2 Å². The Morgan fingerprint density at radius 3 is 2.45 bits per heavy atom. The quantitative estimate of drug-likeness (QED) is 0.804. The lowest BCUT2D eigenvalue weighted by atomic mass is 10.1. The number of hydrogen-bond acceptors (Lipinski definition) is 0. The second-order valence-corrected chi connectivity index (χ2v) is 4.78. The molecule has 20 heavy (non-hydrogen) atoms. The SMILES string of the molecule is CC.CCCCC1=CC=c2c(CC)cccc2=CC1.O. The molecule has 1 aromatic carbocycles. The van der Waals surface area contributed by atoms with Crippen LogP contribution in [0.1, 0.15) is 58.9 Å². The molecule has 0 unspecified atom stereocenters. The van der Waals surface area contributed by atoms with Crippen LogP contribution < -0.4 is 10.4 Å². The molecule has 1 heteroatoms.